The molecule has 2 aliphatic heterocycles. The molecule has 2 aliphatic rings. The maximum atomic E-state index is 14.6. The highest BCUT2D eigenvalue weighted by Crippen LogP contribution is 2.35. The molecule has 3 aromatic heterocycles. The van der Waals surface area contributed by atoms with Gasteiger partial charge in [0.25, 0.3) is 0 Å². The minimum atomic E-state index is -1.02. The number of hydrogen-bond donors (Lipinski definition) is 4. The fraction of sp³-hybridized carbons (Fsp3) is 0.375. The minimum absolute atomic E-state index is 0.226. The second-order valence-corrected chi connectivity index (χ2v) is 10.2. The number of aliphatic imine (C=N–C) groups is 1. The van der Waals surface area contributed by atoms with Crippen molar-refractivity contribution in [2.75, 3.05) is 18.4 Å². The van der Waals surface area contributed by atoms with Crippen LogP contribution in [0, 0.1) is 5.41 Å². The van der Waals surface area contributed by atoms with E-state index in [1.54, 1.807) is 34.9 Å². The van der Waals surface area contributed by atoms with E-state index in [9.17, 15) is 4.39 Å². The first-order valence-electron chi connectivity index (χ1n) is 11.8. The van der Waals surface area contributed by atoms with Crippen molar-refractivity contribution < 1.29 is 9.13 Å². The molecule has 11 nitrogen and oxygen atoms in total. The number of fused-ring (bicyclic) bond motifs is 1. The summed E-state index contributed by atoms with van der Waals surface area (Å²) < 4.78 is 24.0. The Bertz CT molecular complexity index is 1450. The van der Waals surface area contributed by atoms with Gasteiger partial charge < -0.3 is 30.7 Å². The molecule has 37 heavy (non-hydrogen) atoms. The molecule has 0 saturated carbocycles. The highest BCUT2D eigenvalue weighted by atomic mass is 35.5. The lowest BCUT2D eigenvalue weighted by Gasteiger charge is -2.24. The van der Waals surface area contributed by atoms with Crippen molar-refractivity contribution in [2.24, 2.45) is 12.0 Å². The summed E-state index contributed by atoms with van der Waals surface area (Å²) in [6.07, 6.45) is 6.27. The van der Waals surface area contributed by atoms with Gasteiger partial charge in [-0.05, 0) is 0 Å². The summed E-state index contributed by atoms with van der Waals surface area (Å²) >= 11 is 6.71. The second kappa shape index (κ2) is 9.60. The van der Waals surface area contributed by atoms with Crippen molar-refractivity contribution in [3.63, 3.8) is 0 Å². The molecule has 1 fully saturated rings. The number of alkyl halides is 1. The van der Waals surface area contributed by atoms with Crippen molar-refractivity contribution in [1.29, 1.82) is 5.41 Å². The zero-order valence-electron chi connectivity index (χ0n) is 20.9. The Morgan fingerprint density at radius 2 is 2.16 bits per heavy atom. The lowest BCUT2D eigenvalue weighted by Crippen LogP contribution is -2.27. The van der Waals surface area contributed by atoms with Gasteiger partial charge in [0.1, 0.15) is 22.4 Å². The number of nitrogens with one attached hydrogen (secondary N) is 4. The van der Waals surface area contributed by atoms with Gasteiger partial charge in [-0.3, -0.25) is 9.67 Å². The van der Waals surface area contributed by atoms with Crippen molar-refractivity contribution in [2.45, 2.75) is 38.4 Å². The Morgan fingerprint density at radius 3 is 2.81 bits per heavy atom. The summed E-state index contributed by atoms with van der Waals surface area (Å²) in [5, 5.41) is 22.0. The number of hydrogen-bond acceptors (Lipinski definition) is 9. The van der Waals surface area contributed by atoms with E-state index >= 15 is 0 Å². The molecule has 13 heteroatoms. The molecule has 5 heterocycles. The molecule has 194 valence electrons. The monoisotopic (exact) mass is 526 g/mol. The molecule has 2 atom stereocenters. The normalized spacial score (nSPS) is 20.8. The van der Waals surface area contributed by atoms with Gasteiger partial charge in [0, 0.05) is 49.7 Å². The second-order valence-electron chi connectivity index (χ2n) is 9.84. The molecule has 0 amide bonds. The van der Waals surface area contributed by atoms with Crippen LogP contribution in [0.1, 0.15) is 32.5 Å². The van der Waals surface area contributed by atoms with Gasteiger partial charge in [-0.1, -0.05) is 32.4 Å². The SMILES string of the molecule is Cn1c(Nc2cc(C(C)(C)C)n([C@@H]3CNC[C@H]3F)n2)nc2ncc(O/C(C=N)=C3\C=NC=CN3)c(Cl)c21. The van der Waals surface area contributed by atoms with Crippen LogP contribution in [0.15, 0.2) is 41.1 Å². The van der Waals surface area contributed by atoms with Crippen LogP contribution in [0.3, 0.4) is 0 Å². The first kappa shape index (κ1) is 24.9. The third kappa shape index (κ3) is 4.69. The summed E-state index contributed by atoms with van der Waals surface area (Å²) in [5.41, 5.74) is 2.14. The molecule has 0 radical (unpaired) electrons. The maximum absolute atomic E-state index is 14.6. The minimum Gasteiger partial charge on any atom is -0.450 e. The number of allylic oxidation sites excluding steroid dienone is 2. The summed E-state index contributed by atoms with van der Waals surface area (Å²) in [4.78, 5) is 13.0. The van der Waals surface area contributed by atoms with Gasteiger partial charge in [0.15, 0.2) is 23.0 Å². The number of anilines is 2. The van der Waals surface area contributed by atoms with E-state index in [0.717, 1.165) is 11.9 Å². The third-order valence-electron chi connectivity index (χ3n) is 6.19. The van der Waals surface area contributed by atoms with Crippen LogP contribution in [0.5, 0.6) is 5.75 Å². The number of imidazole rings is 1. The van der Waals surface area contributed by atoms with E-state index < -0.39 is 6.17 Å². The fourth-order valence-corrected chi connectivity index (χ4v) is 4.59. The molecule has 0 aromatic carbocycles. The van der Waals surface area contributed by atoms with Gasteiger partial charge in [0.05, 0.1) is 24.7 Å². The molecule has 4 N–H and O–H groups in total. The topological polar surface area (TPSA) is 130 Å². The van der Waals surface area contributed by atoms with E-state index in [0.29, 0.717) is 41.7 Å². The van der Waals surface area contributed by atoms with Crippen molar-refractivity contribution in [3.8, 4) is 5.75 Å². The van der Waals surface area contributed by atoms with E-state index in [-0.39, 0.29) is 28.0 Å². The standard InChI is InChI=1S/C24H28ClFN10O/c1-24(2,3)18-7-19(34-36(18)15-11-29-9-13(15)26)32-23-33-22-21(35(23)4)20(25)17(12-31-22)37-16(8-27)14-10-28-5-6-30-14/h5-8,10,12-13,15,27,29-30H,9,11H2,1-4H3,(H,31,32,33,34)/b16-14+,27-8?/t13-,15-/m1/s1. The Hall–Kier alpha value is -3.77. The molecule has 0 spiro atoms. The summed E-state index contributed by atoms with van der Waals surface area (Å²) in [6, 6.07) is 1.54. The van der Waals surface area contributed by atoms with Gasteiger partial charge in [-0.25, -0.2) is 9.37 Å². The average molecular weight is 527 g/mol. The average Bonchev–Trinajstić information content (AvgIpc) is 3.57. The third-order valence-corrected chi connectivity index (χ3v) is 6.56. The Kier molecular flexibility index (Phi) is 6.46. The maximum Gasteiger partial charge on any atom is 0.210 e. The van der Waals surface area contributed by atoms with E-state index in [1.807, 2.05) is 6.07 Å². The number of rotatable bonds is 6. The van der Waals surface area contributed by atoms with Crippen LogP contribution in [-0.4, -0.2) is 56.0 Å². The van der Waals surface area contributed by atoms with Crippen LogP contribution >= 0.6 is 11.6 Å². The predicted octanol–water partition coefficient (Wildman–Crippen LogP) is 3.73. The van der Waals surface area contributed by atoms with Crippen LogP contribution < -0.4 is 20.7 Å². The number of aryl methyl sites for hydroxylation is 1. The van der Waals surface area contributed by atoms with Crippen molar-refractivity contribution >= 4 is 47.0 Å². The molecular weight excluding hydrogens is 499 g/mol. The van der Waals surface area contributed by atoms with Crippen LogP contribution in [-0.2, 0) is 12.5 Å². The first-order valence-corrected chi connectivity index (χ1v) is 12.1. The molecule has 3 aromatic rings. The smallest absolute Gasteiger partial charge is 0.210 e. The Balaban J connectivity index is 1.48. The fourth-order valence-electron chi connectivity index (χ4n) is 4.29. The van der Waals surface area contributed by atoms with Gasteiger partial charge in [-0.15, -0.1) is 0 Å². The number of ether oxygens (including phenoxy) is 1. The van der Waals surface area contributed by atoms with Crippen LogP contribution in [0.25, 0.3) is 11.2 Å². The molecule has 1 saturated heterocycles. The molecule has 0 bridgehead atoms. The quantitative estimate of drug-likeness (QED) is 0.284. The Morgan fingerprint density at radius 1 is 1.35 bits per heavy atom. The molecule has 5 rings (SSSR count). The molecule has 0 unspecified atom stereocenters. The van der Waals surface area contributed by atoms with E-state index in [4.69, 9.17) is 26.8 Å². The van der Waals surface area contributed by atoms with Crippen molar-refractivity contribution in [3.05, 3.63) is 46.8 Å². The summed E-state index contributed by atoms with van der Waals surface area (Å²) in [5.74, 6) is 1.50. The Labute approximate surface area is 218 Å². The van der Waals surface area contributed by atoms with Crippen molar-refractivity contribution in [1.82, 2.24) is 34.9 Å². The molecule has 0 aliphatic carbocycles. The van der Waals surface area contributed by atoms with Crippen LogP contribution in [0.2, 0.25) is 5.02 Å². The highest BCUT2D eigenvalue weighted by Gasteiger charge is 2.34. The lowest BCUT2D eigenvalue weighted by atomic mass is 9.91. The zero-order chi connectivity index (χ0) is 26.3. The van der Waals surface area contributed by atoms with Gasteiger partial charge >= 0.3 is 0 Å². The zero-order valence-corrected chi connectivity index (χ0v) is 21.6. The predicted molar refractivity (Wildman–Crippen MR) is 142 cm³/mol. The van der Waals surface area contributed by atoms with Crippen LogP contribution in [0.4, 0.5) is 16.2 Å². The van der Waals surface area contributed by atoms with E-state index in [2.05, 4.69) is 51.7 Å². The number of pyridine rings is 1. The van der Waals surface area contributed by atoms with Gasteiger partial charge in [-0.2, -0.15) is 10.1 Å². The lowest BCUT2D eigenvalue weighted by molar-refractivity contribution is 0.260. The number of nitrogens with zero attached hydrogens (tertiary/aromatic N) is 6. The summed E-state index contributed by atoms with van der Waals surface area (Å²) in [7, 11) is 1.80. The largest absolute Gasteiger partial charge is 0.450 e. The number of aromatic nitrogens is 5. The summed E-state index contributed by atoms with van der Waals surface area (Å²) in [6.45, 7) is 7.05. The molecular formula is C24H28ClFN10O. The van der Waals surface area contributed by atoms with E-state index in [1.165, 1.54) is 6.20 Å². The number of halogens is 2. The highest BCUT2D eigenvalue weighted by molar-refractivity contribution is 6.36. The first-order chi connectivity index (χ1) is 17.7. The van der Waals surface area contributed by atoms with Gasteiger partial charge in [0.2, 0.25) is 5.95 Å².